The topological polar surface area (TPSA) is 24.1 Å². The molecule has 0 aromatic rings. The summed E-state index contributed by atoms with van der Waals surface area (Å²) < 4.78 is 0. The maximum absolute atomic E-state index is 3.38. The van der Waals surface area contributed by atoms with Crippen LogP contribution in [0.25, 0.3) is 0 Å². The third kappa shape index (κ3) is 3.55. The number of hydrogen-bond acceptors (Lipinski definition) is 2. The van der Waals surface area contributed by atoms with Gasteiger partial charge in [0.1, 0.15) is 0 Å². The van der Waals surface area contributed by atoms with Crippen LogP contribution in [0.5, 0.6) is 0 Å². The molecule has 0 radical (unpaired) electrons. The Labute approximate surface area is 77.1 Å². The van der Waals surface area contributed by atoms with Crippen LogP contribution in [0.2, 0.25) is 0 Å². The van der Waals surface area contributed by atoms with E-state index in [1.54, 1.807) is 0 Å². The van der Waals surface area contributed by atoms with Crippen molar-refractivity contribution < 1.29 is 0 Å². The molecule has 0 aliphatic rings. The Kier molecular flexibility index (Phi) is 6.39. The van der Waals surface area contributed by atoms with Crippen LogP contribution in [0.1, 0.15) is 27.2 Å². The van der Waals surface area contributed by atoms with Crippen molar-refractivity contribution in [2.75, 3.05) is 20.6 Å². The van der Waals surface area contributed by atoms with Crippen molar-refractivity contribution in [3.05, 3.63) is 0 Å². The van der Waals surface area contributed by atoms with Gasteiger partial charge in [0, 0.05) is 6.04 Å². The average molecular weight is 172 g/mol. The molecular weight excluding hydrogens is 148 g/mol. The molecule has 0 bridgehead atoms. The van der Waals surface area contributed by atoms with E-state index in [4.69, 9.17) is 0 Å². The normalized spacial score (nSPS) is 16.5. The molecule has 2 heteroatoms. The molecule has 12 heavy (non-hydrogen) atoms. The highest BCUT2D eigenvalue weighted by molar-refractivity contribution is 4.77. The summed E-state index contributed by atoms with van der Waals surface area (Å²) in [5, 5.41) is 6.64. The standard InChI is InChI=1S/C10H24N2/c1-6-10(12-5)9(7-11-4)8(2)3/h8-12H,6-7H2,1-5H3. The SMILES string of the molecule is CCC(NC)C(CNC)C(C)C. The van der Waals surface area contributed by atoms with E-state index in [-0.39, 0.29) is 0 Å². The van der Waals surface area contributed by atoms with Crippen molar-refractivity contribution in [2.45, 2.75) is 33.2 Å². The van der Waals surface area contributed by atoms with Crippen molar-refractivity contribution in [3.63, 3.8) is 0 Å². The fourth-order valence-electron chi connectivity index (χ4n) is 1.80. The molecule has 2 unspecified atom stereocenters. The van der Waals surface area contributed by atoms with Gasteiger partial charge in [0.2, 0.25) is 0 Å². The fraction of sp³-hybridized carbons (Fsp3) is 1.00. The van der Waals surface area contributed by atoms with Gasteiger partial charge in [-0.3, -0.25) is 0 Å². The van der Waals surface area contributed by atoms with Crippen molar-refractivity contribution in [3.8, 4) is 0 Å². The van der Waals surface area contributed by atoms with Crippen LogP contribution in [-0.4, -0.2) is 26.7 Å². The molecule has 0 heterocycles. The monoisotopic (exact) mass is 172 g/mol. The zero-order chi connectivity index (χ0) is 9.56. The molecule has 0 fully saturated rings. The zero-order valence-electron chi connectivity index (χ0n) is 9.15. The van der Waals surface area contributed by atoms with Gasteiger partial charge in [-0.15, -0.1) is 0 Å². The second kappa shape index (κ2) is 6.44. The summed E-state index contributed by atoms with van der Waals surface area (Å²) in [5.74, 6) is 1.49. The molecule has 0 rings (SSSR count). The van der Waals surface area contributed by atoms with Crippen LogP contribution >= 0.6 is 0 Å². The first-order chi connectivity index (χ1) is 5.67. The molecule has 0 aliphatic heterocycles. The van der Waals surface area contributed by atoms with Gasteiger partial charge in [-0.1, -0.05) is 20.8 Å². The average Bonchev–Trinajstić information content (AvgIpc) is 2.05. The highest BCUT2D eigenvalue weighted by Gasteiger charge is 2.20. The number of rotatable bonds is 6. The maximum Gasteiger partial charge on any atom is 0.0104 e. The Balaban J connectivity index is 4.05. The summed E-state index contributed by atoms with van der Waals surface area (Å²) in [4.78, 5) is 0. The molecule has 0 aromatic heterocycles. The minimum Gasteiger partial charge on any atom is -0.319 e. The lowest BCUT2D eigenvalue weighted by Crippen LogP contribution is -2.40. The Morgan fingerprint density at radius 1 is 1.17 bits per heavy atom. The molecule has 0 aromatic carbocycles. The van der Waals surface area contributed by atoms with E-state index in [9.17, 15) is 0 Å². The third-order valence-electron chi connectivity index (χ3n) is 2.62. The van der Waals surface area contributed by atoms with Gasteiger partial charge in [-0.05, 0) is 38.9 Å². The van der Waals surface area contributed by atoms with Crippen molar-refractivity contribution in [2.24, 2.45) is 11.8 Å². The summed E-state index contributed by atoms with van der Waals surface area (Å²) in [7, 11) is 4.08. The molecule has 2 N–H and O–H groups in total. The minimum atomic E-state index is 0.650. The quantitative estimate of drug-likeness (QED) is 0.634. The molecule has 0 amide bonds. The maximum atomic E-state index is 3.38. The van der Waals surface area contributed by atoms with Crippen LogP contribution in [0.15, 0.2) is 0 Å². The van der Waals surface area contributed by atoms with E-state index >= 15 is 0 Å². The van der Waals surface area contributed by atoms with E-state index in [0.29, 0.717) is 6.04 Å². The molecule has 0 saturated heterocycles. The molecule has 2 nitrogen and oxygen atoms in total. The summed E-state index contributed by atoms with van der Waals surface area (Å²) >= 11 is 0. The van der Waals surface area contributed by atoms with Gasteiger partial charge >= 0.3 is 0 Å². The van der Waals surface area contributed by atoms with Crippen LogP contribution in [-0.2, 0) is 0 Å². The van der Waals surface area contributed by atoms with Gasteiger partial charge in [-0.25, -0.2) is 0 Å². The molecule has 2 atom stereocenters. The first kappa shape index (κ1) is 11.9. The summed E-state index contributed by atoms with van der Waals surface area (Å²) in [6.45, 7) is 7.94. The highest BCUT2D eigenvalue weighted by Crippen LogP contribution is 2.16. The zero-order valence-corrected chi connectivity index (χ0v) is 9.15. The van der Waals surface area contributed by atoms with Crippen LogP contribution < -0.4 is 10.6 Å². The summed E-state index contributed by atoms with van der Waals surface area (Å²) in [5.41, 5.74) is 0. The Morgan fingerprint density at radius 2 is 1.75 bits per heavy atom. The Morgan fingerprint density at radius 3 is 2.00 bits per heavy atom. The largest absolute Gasteiger partial charge is 0.319 e. The summed E-state index contributed by atoms with van der Waals surface area (Å²) in [6, 6.07) is 0.650. The van der Waals surface area contributed by atoms with E-state index in [2.05, 4.69) is 38.5 Å². The van der Waals surface area contributed by atoms with E-state index in [0.717, 1.165) is 18.4 Å². The van der Waals surface area contributed by atoms with Crippen molar-refractivity contribution in [1.29, 1.82) is 0 Å². The van der Waals surface area contributed by atoms with Gasteiger partial charge in [0.15, 0.2) is 0 Å². The van der Waals surface area contributed by atoms with Gasteiger partial charge in [0.25, 0.3) is 0 Å². The van der Waals surface area contributed by atoms with E-state index < -0.39 is 0 Å². The number of nitrogens with one attached hydrogen (secondary N) is 2. The van der Waals surface area contributed by atoms with Gasteiger partial charge in [-0.2, -0.15) is 0 Å². The van der Waals surface area contributed by atoms with Crippen LogP contribution in [0.4, 0.5) is 0 Å². The fourth-order valence-corrected chi connectivity index (χ4v) is 1.80. The molecule has 74 valence electrons. The predicted molar refractivity (Wildman–Crippen MR) is 55.4 cm³/mol. The first-order valence-corrected chi connectivity index (χ1v) is 4.99. The van der Waals surface area contributed by atoms with Crippen LogP contribution in [0.3, 0.4) is 0 Å². The lowest BCUT2D eigenvalue weighted by Gasteiger charge is -2.29. The third-order valence-corrected chi connectivity index (χ3v) is 2.62. The molecule has 0 spiro atoms. The number of hydrogen-bond donors (Lipinski definition) is 2. The smallest absolute Gasteiger partial charge is 0.0104 e. The lowest BCUT2D eigenvalue weighted by molar-refractivity contribution is 0.275. The second-order valence-corrected chi connectivity index (χ2v) is 3.77. The second-order valence-electron chi connectivity index (χ2n) is 3.77. The Bertz CT molecular complexity index is 98.0. The van der Waals surface area contributed by atoms with Crippen LogP contribution in [0, 0.1) is 11.8 Å². The first-order valence-electron chi connectivity index (χ1n) is 4.99. The van der Waals surface area contributed by atoms with E-state index in [1.165, 1.54) is 6.42 Å². The van der Waals surface area contributed by atoms with Gasteiger partial charge in [0.05, 0.1) is 0 Å². The molecular formula is C10H24N2. The lowest BCUT2D eigenvalue weighted by atomic mass is 9.87. The highest BCUT2D eigenvalue weighted by atomic mass is 14.9. The minimum absolute atomic E-state index is 0.650. The Hall–Kier alpha value is -0.0800. The van der Waals surface area contributed by atoms with Crippen molar-refractivity contribution >= 4 is 0 Å². The molecule has 0 aliphatic carbocycles. The van der Waals surface area contributed by atoms with Gasteiger partial charge < -0.3 is 10.6 Å². The predicted octanol–water partition coefficient (Wildman–Crippen LogP) is 1.48. The summed E-state index contributed by atoms with van der Waals surface area (Å²) in [6.07, 6.45) is 1.21. The molecule has 0 saturated carbocycles. The van der Waals surface area contributed by atoms with Crippen molar-refractivity contribution in [1.82, 2.24) is 10.6 Å². The van der Waals surface area contributed by atoms with E-state index in [1.807, 2.05) is 7.05 Å².